The molecule has 2 aliphatic carbocycles. The topological polar surface area (TPSA) is 37.9 Å². The van der Waals surface area contributed by atoms with Crippen LogP contribution in [0.5, 0.6) is 0 Å². The highest BCUT2D eigenvalue weighted by atomic mass is 19.1. The lowest BCUT2D eigenvalue weighted by atomic mass is 9.83. The van der Waals surface area contributed by atoms with E-state index in [-0.39, 0.29) is 0 Å². The average Bonchev–Trinajstić information content (AvgIpc) is 3.25. The molecule has 1 aromatic heterocycles. The van der Waals surface area contributed by atoms with Crippen molar-refractivity contribution in [3.05, 3.63) is 76.3 Å². The van der Waals surface area contributed by atoms with Gasteiger partial charge in [0.15, 0.2) is 0 Å². The van der Waals surface area contributed by atoms with Crippen LogP contribution in [0.2, 0.25) is 0 Å². The molecule has 5 heteroatoms. The summed E-state index contributed by atoms with van der Waals surface area (Å²) in [4.78, 5) is 6.53. The van der Waals surface area contributed by atoms with Crippen molar-refractivity contribution in [3.8, 4) is 12.3 Å². The molecule has 0 amide bonds. The van der Waals surface area contributed by atoms with Crippen LogP contribution in [-0.4, -0.2) is 36.5 Å². The van der Waals surface area contributed by atoms with Crippen LogP contribution in [-0.2, 0) is 4.74 Å². The number of aromatic amines is 1. The fourth-order valence-corrected chi connectivity index (χ4v) is 4.41. The number of allylic oxidation sites excluding steroid dienone is 10. The van der Waals surface area contributed by atoms with Gasteiger partial charge < -0.3 is 9.72 Å². The van der Waals surface area contributed by atoms with Crippen molar-refractivity contribution in [1.29, 1.82) is 0 Å². The molecule has 0 radical (unpaired) electrons. The molecule has 1 aromatic rings. The molecule has 1 fully saturated rings. The number of terminal acetylenes is 1. The lowest BCUT2D eigenvalue weighted by Crippen LogP contribution is -2.25. The van der Waals surface area contributed by atoms with Gasteiger partial charge in [0.05, 0.1) is 17.0 Å². The van der Waals surface area contributed by atoms with Crippen molar-refractivity contribution in [2.24, 2.45) is 17.8 Å². The van der Waals surface area contributed by atoms with Crippen LogP contribution >= 0.6 is 0 Å². The minimum atomic E-state index is -1.06. The molecule has 0 spiro atoms. The third-order valence-electron chi connectivity index (χ3n) is 6.74. The second kappa shape index (κ2) is 20.0. The monoisotopic (exact) mass is 538 g/mol. The van der Waals surface area contributed by atoms with Gasteiger partial charge in [0.25, 0.3) is 0 Å². The summed E-state index contributed by atoms with van der Waals surface area (Å²) in [6.07, 6.45) is 29.4. The molecule has 1 heterocycles. The Morgan fingerprint density at radius 2 is 1.97 bits per heavy atom. The lowest BCUT2D eigenvalue weighted by molar-refractivity contribution is 0.121. The van der Waals surface area contributed by atoms with Crippen molar-refractivity contribution in [1.82, 2.24) is 9.97 Å². The molecule has 2 aliphatic rings. The van der Waals surface area contributed by atoms with Gasteiger partial charge in [-0.15, -0.1) is 12.3 Å². The van der Waals surface area contributed by atoms with Gasteiger partial charge in [0, 0.05) is 20.1 Å². The maximum atomic E-state index is 12.5. The number of nitrogens with one attached hydrogen (secondary N) is 1. The number of imidazole rings is 1. The highest BCUT2D eigenvalue weighted by Gasteiger charge is 2.17. The van der Waals surface area contributed by atoms with Crippen LogP contribution < -0.4 is 10.7 Å². The number of nitrogens with zero attached hydrogens (tertiary/aromatic N) is 1. The van der Waals surface area contributed by atoms with E-state index in [0.717, 1.165) is 18.4 Å². The zero-order valence-corrected chi connectivity index (χ0v) is 24.7. The largest absolute Gasteiger partial charge is 0.384 e. The van der Waals surface area contributed by atoms with Gasteiger partial charge in [-0.25, -0.2) is 13.8 Å². The molecule has 0 bridgehead atoms. The highest BCUT2D eigenvalue weighted by molar-refractivity contribution is 5.42. The quantitative estimate of drug-likeness (QED) is 0.291. The average molecular weight is 539 g/mol. The predicted molar refractivity (Wildman–Crippen MR) is 163 cm³/mol. The minimum Gasteiger partial charge on any atom is -0.384 e. The van der Waals surface area contributed by atoms with Crippen LogP contribution in [0.1, 0.15) is 66.7 Å². The van der Waals surface area contributed by atoms with Crippen LogP contribution in [0, 0.1) is 30.1 Å². The second-order valence-electron chi connectivity index (χ2n) is 10.4. The van der Waals surface area contributed by atoms with E-state index in [0.29, 0.717) is 23.0 Å². The van der Waals surface area contributed by atoms with Crippen LogP contribution in [0.15, 0.2) is 65.6 Å². The van der Waals surface area contributed by atoms with Gasteiger partial charge in [-0.1, -0.05) is 74.8 Å². The number of hydrogen-bond acceptors (Lipinski definition) is 2. The number of ether oxygens (including phenoxy) is 1. The Labute approximate surface area is 235 Å². The summed E-state index contributed by atoms with van der Waals surface area (Å²) >= 11 is 0. The third kappa shape index (κ3) is 14.7. The molecular formula is C34H48F2N2O. The summed E-state index contributed by atoms with van der Waals surface area (Å²) < 4.78 is 29.4. The molecule has 0 aromatic carbocycles. The zero-order chi connectivity index (χ0) is 29.0. The van der Waals surface area contributed by atoms with E-state index in [2.05, 4.69) is 74.0 Å². The van der Waals surface area contributed by atoms with E-state index in [4.69, 9.17) is 11.2 Å². The Bertz CT molecular complexity index is 1140. The highest BCUT2D eigenvalue weighted by Crippen LogP contribution is 2.28. The van der Waals surface area contributed by atoms with Crippen LogP contribution in [0.4, 0.5) is 8.78 Å². The van der Waals surface area contributed by atoms with Gasteiger partial charge in [-0.2, -0.15) is 0 Å². The summed E-state index contributed by atoms with van der Waals surface area (Å²) in [6.45, 7) is 10.6. The van der Waals surface area contributed by atoms with Crippen molar-refractivity contribution < 1.29 is 13.5 Å². The summed E-state index contributed by atoms with van der Waals surface area (Å²) in [7, 11) is 1.80. The Morgan fingerprint density at radius 3 is 2.59 bits per heavy atom. The van der Waals surface area contributed by atoms with Gasteiger partial charge in [0.2, 0.25) is 0 Å². The summed E-state index contributed by atoms with van der Waals surface area (Å²) in [5.74, 6) is 4.88. The molecule has 2 unspecified atom stereocenters. The van der Waals surface area contributed by atoms with Gasteiger partial charge in [0.1, 0.15) is 12.8 Å². The first-order chi connectivity index (χ1) is 18.7. The molecule has 0 saturated heterocycles. The number of methoxy groups -OCH3 is 1. The van der Waals surface area contributed by atoms with Crippen molar-refractivity contribution >= 4 is 12.2 Å². The van der Waals surface area contributed by atoms with Gasteiger partial charge in [-0.3, -0.25) is 0 Å². The lowest BCUT2D eigenvalue weighted by Gasteiger charge is -2.25. The molecule has 2 atom stereocenters. The van der Waals surface area contributed by atoms with E-state index in [1.165, 1.54) is 67.8 Å². The maximum absolute atomic E-state index is 12.5. The maximum Gasteiger partial charge on any atom is 0.118 e. The molecule has 1 saturated carbocycles. The fourth-order valence-electron chi connectivity index (χ4n) is 4.41. The summed E-state index contributed by atoms with van der Waals surface area (Å²) in [5, 5.41) is 0.990. The molecule has 1 N–H and O–H groups in total. The number of rotatable bonds is 7. The summed E-state index contributed by atoms with van der Waals surface area (Å²) in [6, 6.07) is 0. The predicted octanol–water partition coefficient (Wildman–Crippen LogP) is 7.35. The standard InChI is InChI=1S/C17H20.C9H18O.C8H10F2N2/c1-5-6-7-8-9-15(3)17-13-11-14(2)10-12-16(17)4;1-8-3-5-9(6-4-8)7-10-2;1-6(10)4-8-7(2-3-9)11-5-12-8/h1,7-13,16H,6H2,2-4H3;8-9H,3-7H2,1-2H3;2,4-6H,3H2,1H3,(H,11,12)/b8-7-,15-9+;;7-2+,8-4+. The smallest absolute Gasteiger partial charge is 0.118 e. The Hall–Kier alpha value is -2.97. The number of hydrogen-bond donors (Lipinski definition) is 1. The first-order valence-electron chi connectivity index (χ1n) is 14.0. The van der Waals surface area contributed by atoms with Gasteiger partial charge >= 0.3 is 0 Å². The van der Waals surface area contributed by atoms with Crippen molar-refractivity contribution in [2.45, 2.75) is 72.9 Å². The molecule has 3 rings (SSSR count). The van der Waals surface area contributed by atoms with E-state index >= 15 is 0 Å². The molecule has 3 nitrogen and oxygen atoms in total. The number of alkyl halides is 2. The number of H-pyrrole nitrogens is 1. The van der Waals surface area contributed by atoms with E-state index in [1.807, 2.05) is 12.2 Å². The molecule has 214 valence electrons. The third-order valence-corrected chi connectivity index (χ3v) is 6.74. The zero-order valence-electron chi connectivity index (χ0n) is 24.7. The van der Waals surface area contributed by atoms with Gasteiger partial charge in [-0.05, 0) is 74.7 Å². The van der Waals surface area contributed by atoms with Crippen molar-refractivity contribution in [2.75, 3.05) is 20.4 Å². The molecule has 0 aliphatic heterocycles. The minimum absolute atomic E-state index is 0.459. The number of aromatic nitrogens is 2. The second-order valence-corrected chi connectivity index (χ2v) is 10.4. The van der Waals surface area contributed by atoms with E-state index in [9.17, 15) is 8.78 Å². The first-order valence-corrected chi connectivity index (χ1v) is 14.0. The van der Waals surface area contributed by atoms with Crippen molar-refractivity contribution in [3.63, 3.8) is 0 Å². The normalized spacial score (nSPS) is 23.1. The summed E-state index contributed by atoms with van der Waals surface area (Å²) in [5.41, 5.74) is 3.95. The molecule has 39 heavy (non-hydrogen) atoms. The number of halogens is 2. The van der Waals surface area contributed by atoms with E-state index < -0.39 is 12.8 Å². The fraction of sp³-hybridized carbons (Fsp3) is 0.500. The Morgan fingerprint density at radius 1 is 1.26 bits per heavy atom. The molecular weight excluding hydrogens is 490 g/mol. The Kier molecular flexibility index (Phi) is 17.5. The van der Waals surface area contributed by atoms with E-state index in [1.54, 1.807) is 7.11 Å². The SMILES string of the molecule is C#CC/C=C\C=C(/C)C1=CC=C(C)C=CC1C.CC(F)/C=c1/[nH]cn/c1=C/CF.COCC1CCC(C)CC1. The first kappa shape index (κ1) is 34.1. The van der Waals surface area contributed by atoms with Crippen LogP contribution in [0.25, 0.3) is 12.2 Å². The van der Waals surface area contributed by atoms with Crippen LogP contribution in [0.3, 0.4) is 0 Å². The Balaban J connectivity index is 0.000000305.